The van der Waals surface area contributed by atoms with Gasteiger partial charge < -0.3 is 11.1 Å². The highest BCUT2D eigenvalue weighted by molar-refractivity contribution is 5.78. The summed E-state index contributed by atoms with van der Waals surface area (Å²) >= 11 is 0. The molecular formula is C12H25N3O. The van der Waals surface area contributed by atoms with Crippen LogP contribution < -0.4 is 11.1 Å². The zero-order chi connectivity index (χ0) is 12.0. The quantitative estimate of drug-likeness (QED) is 0.722. The molecule has 0 radical (unpaired) electrons. The standard InChI is InChI=1S/C12H25N3O/c1-3-10(2)8-14-12(16)9-15-6-4-11(13)5-7-15/h10-11H,3-9,13H2,1-2H3,(H,14,16). The summed E-state index contributed by atoms with van der Waals surface area (Å²) in [5, 5.41) is 2.98. The van der Waals surface area contributed by atoms with Gasteiger partial charge in [0.25, 0.3) is 0 Å². The van der Waals surface area contributed by atoms with Gasteiger partial charge in [0.2, 0.25) is 5.91 Å². The molecule has 1 aliphatic rings. The average molecular weight is 227 g/mol. The highest BCUT2D eigenvalue weighted by Gasteiger charge is 2.17. The van der Waals surface area contributed by atoms with E-state index < -0.39 is 0 Å². The van der Waals surface area contributed by atoms with E-state index in [0.29, 0.717) is 18.5 Å². The normalized spacial score (nSPS) is 20.7. The van der Waals surface area contributed by atoms with Crippen LogP contribution in [0.5, 0.6) is 0 Å². The molecule has 0 aliphatic carbocycles. The molecule has 1 atom stereocenters. The van der Waals surface area contributed by atoms with Crippen LogP contribution in [0.4, 0.5) is 0 Å². The Kier molecular flexibility index (Phi) is 5.77. The molecule has 0 spiro atoms. The van der Waals surface area contributed by atoms with Crippen molar-refractivity contribution in [2.45, 2.75) is 39.2 Å². The van der Waals surface area contributed by atoms with Crippen LogP contribution in [0.1, 0.15) is 33.1 Å². The Bertz CT molecular complexity index is 212. The first-order valence-corrected chi connectivity index (χ1v) is 6.36. The number of nitrogens with two attached hydrogens (primary N) is 1. The Morgan fingerprint density at radius 1 is 1.50 bits per heavy atom. The SMILES string of the molecule is CCC(C)CNC(=O)CN1CCC(N)CC1. The van der Waals surface area contributed by atoms with Crippen LogP contribution in [0, 0.1) is 5.92 Å². The molecule has 3 N–H and O–H groups in total. The van der Waals surface area contributed by atoms with Crippen molar-refractivity contribution in [3.05, 3.63) is 0 Å². The van der Waals surface area contributed by atoms with Crippen LogP contribution in [0.25, 0.3) is 0 Å². The maximum Gasteiger partial charge on any atom is 0.234 e. The van der Waals surface area contributed by atoms with E-state index in [4.69, 9.17) is 5.73 Å². The Morgan fingerprint density at radius 3 is 2.69 bits per heavy atom. The lowest BCUT2D eigenvalue weighted by atomic mass is 10.1. The number of nitrogens with zero attached hydrogens (tertiary/aromatic N) is 1. The second-order valence-electron chi connectivity index (χ2n) is 4.93. The van der Waals surface area contributed by atoms with E-state index >= 15 is 0 Å². The number of hydrogen-bond acceptors (Lipinski definition) is 3. The van der Waals surface area contributed by atoms with Crippen molar-refractivity contribution in [1.29, 1.82) is 0 Å². The van der Waals surface area contributed by atoms with Gasteiger partial charge in [0.1, 0.15) is 0 Å². The van der Waals surface area contributed by atoms with Crippen LogP contribution in [0.15, 0.2) is 0 Å². The van der Waals surface area contributed by atoms with Crippen molar-refractivity contribution in [3.8, 4) is 0 Å². The lowest BCUT2D eigenvalue weighted by Gasteiger charge is -2.29. The maximum absolute atomic E-state index is 11.6. The van der Waals surface area contributed by atoms with Gasteiger partial charge in [0.05, 0.1) is 6.54 Å². The molecule has 0 saturated carbocycles. The molecule has 0 aromatic carbocycles. The molecule has 4 nitrogen and oxygen atoms in total. The van der Waals surface area contributed by atoms with E-state index in [1.807, 2.05) is 0 Å². The van der Waals surface area contributed by atoms with Crippen molar-refractivity contribution in [1.82, 2.24) is 10.2 Å². The predicted octanol–water partition coefficient (Wildman–Crippen LogP) is 0.572. The Balaban J connectivity index is 2.14. The highest BCUT2D eigenvalue weighted by atomic mass is 16.2. The van der Waals surface area contributed by atoms with Crippen molar-refractivity contribution in [2.75, 3.05) is 26.2 Å². The largest absolute Gasteiger partial charge is 0.355 e. The van der Waals surface area contributed by atoms with Crippen molar-refractivity contribution < 1.29 is 4.79 Å². The number of amides is 1. The molecule has 1 fully saturated rings. The third kappa shape index (κ3) is 4.94. The maximum atomic E-state index is 11.6. The van der Waals surface area contributed by atoms with Gasteiger partial charge in [-0.15, -0.1) is 0 Å². The van der Waals surface area contributed by atoms with Crippen LogP contribution in [-0.2, 0) is 4.79 Å². The summed E-state index contributed by atoms with van der Waals surface area (Å²) < 4.78 is 0. The third-order valence-electron chi connectivity index (χ3n) is 3.34. The van der Waals surface area contributed by atoms with E-state index in [2.05, 4.69) is 24.1 Å². The molecule has 1 aliphatic heterocycles. The summed E-state index contributed by atoms with van der Waals surface area (Å²) in [4.78, 5) is 13.8. The first kappa shape index (κ1) is 13.5. The van der Waals surface area contributed by atoms with Gasteiger partial charge in [0, 0.05) is 25.7 Å². The molecule has 0 bridgehead atoms. The van der Waals surface area contributed by atoms with E-state index in [9.17, 15) is 4.79 Å². The lowest BCUT2D eigenvalue weighted by molar-refractivity contribution is -0.122. The van der Waals surface area contributed by atoms with E-state index in [1.54, 1.807) is 0 Å². The number of nitrogens with one attached hydrogen (secondary N) is 1. The van der Waals surface area contributed by atoms with Gasteiger partial charge in [-0.1, -0.05) is 20.3 Å². The van der Waals surface area contributed by atoms with E-state index in [0.717, 1.165) is 38.9 Å². The van der Waals surface area contributed by atoms with Gasteiger partial charge >= 0.3 is 0 Å². The van der Waals surface area contributed by atoms with Crippen LogP contribution in [0.2, 0.25) is 0 Å². The molecule has 1 saturated heterocycles. The van der Waals surface area contributed by atoms with Crippen molar-refractivity contribution in [3.63, 3.8) is 0 Å². The molecule has 0 aromatic rings. The minimum absolute atomic E-state index is 0.149. The fourth-order valence-corrected chi connectivity index (χ4v) is 1.80. The summed E-state index contributed by atoms with van der Waals surface area (Å²) in [7, 11) is 0. The Morgan fingerprint density at radius 2 is 2.12 bits per heavy atom. The van der Waals surface area contributed by atoms with Crippen molar-refractivity contribution in [2.24, 2.45) is 11.7 Å². The smallest absolute Gasteiger partial charge is 0.234 e. The molecule has 1 heterocycles. The van der Waals surface area contributed by atoms with Gasteiger partial charge in [-0.3, -0.25) is 9.69 Å². The number of rotatable bonds is 5. The van der Waals surface area contributed by atoms with Gasteiger partial charge in [-0.25, -0.2) is 0 Å². The summed E-state index contributed by atoms with van der Waals surface area (Å²) in [6.45, 7) is 7.53. The molecule has 1 unspecified atom stereocenters. The number of carbonyl (C=O) groups excluding carboxylic acids is 1. The van der Waals surface area contributed by atoms with Gasteiger partial charge in [0.15, 0.2) is 0 Å². The zero-order valence-corrected chi connectivity index (χ0v) is 10.5. The van der Waals surface area contributed by atoms with Gasteiger partial charge in [-0.2, -0.15) is 0 Å². The number of hydrogen-bond donors (Lipinski definition) is 2. The van der Waals surface area contributed by atoms with Gasteiger partial charge in [-0.05, 0) is 18.8 Å². The average Bonchev–Trinajstić information content (AvgIpc) is 2.29. The monoisotopic (exact) mass is 227 g/mol. The number of carbonyl (C=O) groups is 1. The fraction of sp³-hybridized carbons (Fsp3) is 0.917. The Hall–Kier alpha value is -0.610. The first-order chi connectivity index (χ1) is 7.61. The molecule has 1 amide bonds. The second kappa shape index (κ2) is 6.86. The summed E-state index contributed by atoms with van der Waals surface area (Å²) in [6.07, 6.45) is 3.14. The first-order valence-electron chi connectivity index (χ1n) is 6.36. The number of piperidine rings is 1. The van der Waals surface area contributed by atoms with E-state index in [-0.39, 0.29) is 5.91 Å². The van der Waals surface area contributed by atoms with Crippen LogP contribution in [0.3, 0.4) is 0 Å². The summed E-state index contributed by atoms with van der Waals surface area (Å²) in [5.41, 5.74) is 5.82. The number of likely N-dealkylation sites (tertiary alicyclic amines) is 1. The summed E-state index contributed by atoms with van der Waals surface area (Å²) in [6, 6.07) is 0.333. The lowest BCUT2D eigenvalue weighted by Crippen LogP contribution is -2.45. The molecule has 16 heavy (non-hydrogen) atoms. The molecule has 94 valence electrons. The summed E-state index contributed by atoms with van der Waals surface area (Å²) in [5.74, 6) is 0.717. The molecule has 1 rings (SSSR count). The molecule has 0 aromatic heterocycles. The minimum Gasteiger partial charge on any atom is -0.355 e. The van der Waals surface area contributed by atoms with Crippen LogP contribution in [-0.4, -0.2) is 43.0 Å². The van der Waals surface area contributed by atoms with Crippen molar-refractivity contribution >= 4 is 5.91 Å². The topological polar surface area (TPSA) is 58.4 Å². The zero-order valence-electron chi connectivity index (χ0n) is 10.5. The second-order valence-corrected chi connectivity index (χ2v) is 4.93. The highest BCUT2D eigenvalue weighted by Crippen LogP contribution is 2.07. The van der Waals surface area contributed by atoms with Crippen LogP contribution >= 0.6 is 0 Å². The molecule has 4 heteroatoms. The predicted molar refractivity (Wildman–Crippen MR) is 66.1 cm³/mol. The minimum atomic E-state index is 0.149. The Labute approximate surface area is 98.6 Å². The molecular weight excluding hydrogens is 202 g/mol. The van der Waals surface area contributed by atoms with E-state index in [1.165, 1.54) is 0 Å². The fourth-order valence-electron chi connectivity index (χ4n) is 1.80. The third-order valence-corrected chi connectivity index (χ3v) is 3.34.